The summed E-state index contributed by atoms with van der Waals surface area (Å²) in [4.78, 5) is 4.23. The molecule has 4 aromatic rings. The van der Waals surface area contributed by atoms with Crippen molar-refractivity contribution in [1.29, 1.82) is 0 Å². The van der Waals surface area contributed by atoms with E-state index in [1.807, 2.05) is 79.1 Å². The maximum atomic E-state index is 5.93. The first-order valence-electron chi connectivity index (χ1n) is 10.2. The molecule has 2 aromatic carbocycles. The Morgan fingerprint density at radius 3 is 2.52 bits per heavy atom. The molecular weight excluding hydrogens is 408 g/mol. The summed E-state index contributed by atoms with van der Waals surface area (Å²) < 4.78 is 13.6. The van der Waals surface area contributed by atoms with Crippen LogP contribution in [0.25, 0.3) is 17.1 Å². The first-order valence-corrected chi connectivity index (χ1v) is 11.1. The zero-order chi connectivity index (χ0) is 21.5. The number of pyridine rings is 1. The lowest BCUT2D eigenvalue weighted by Gasteiger charge is -2.12. The Labute approximate surface area is 186 Å². The number of para-hydroxylation sites is 1. The second-order valence-corrected chi connectivity index (χ2v) is 7.83. The lowest BCUT2D eigenvalue weighted by atomic mass is 10.2. The fourth-order valence-corrected chi connectivity index (χ4v) is 3.91. The van der Waals surface area contributed by atoms with Crippen molar-refractivity contribution in [3.63, 3.8) is 0 Å². The van der Waals surface area contributed by atoms with Crippen LogP contribution in [0.1, 0.15) is 12.5 Å². The van der Waals surface area contributed by atoms with E-state index in [1.165, 1.54) is 0 Å². The molecule has 0 saturated heterocycles. The van der Waals surface area contributed by atoms with E-state index in [1.54, 1.807) is 24.2 Å². The zero-order valence-electron chi connectivity index (χ0n) is 17.6. The molecule has 0 unspecified atom stereocenters. The summed E-state index contributed by atoms with van der Waals surface area (Å²) in [5.74, 6) is 3.24. The summed E-state index contributed by atoms with van der Waals surface area (Å²) in [6.45, 7) is 5.23. The summed E-state index contributed by atoms with van der Waals surface area (Å²) in [6, 6.07) is 19.9. The van der Waals surface area contributed by atoms with E-state index in [9.17, 15) is 0 Å². The van der Waals surface area contributed by atoms with E-state index in [2.05, 4.69) is 15.2 Å². The Morgan fingerprint density at radius 2 is 1.77 bits per heavy atom. The van der Waals surface area contributed by atoms with Crippen LogP contribution in [0.15, 0.2) is 78.2 Å². The molecule has 4 rings (SSSR count). The average molecular weight is 433 g/mol. The molecule has 0 radical (unpaired) electrons. The zero-order valence-corrected chi connectivity index (χ0v) is 18.4. The van der Waals surface area contributed by atoms with E-state index < -0.39 is 0 Å². The Hall–Kier alpha value is -3.32. The van der Waals surface area contributed by atoms with Gasteiger partial charge in [0.1, 0.15) is 11.5 Å². The molecule has 6 nitrogen and oxygen atoms in total. The molecule has 0 aliphatic rings. The van der Waals surface area contributed by atoms with Crippen molar-refractivity contribution in [2.75, 3.05) is 19.0 Å². The molecule has 0 amide bonds. The summed E-state index contributed by atoms with van der Waals surface area (Å²) in [7, 11) is 0. The van der Waals surface area contributed by atoms with E-state index in [4.69, 9.17) is 9.47 Å². The quantitative estimate of drug-likeness (QED) is 0.267. The van der Waals surface area contributed by atoms with Crippen LogP contribution in [0.4, 0.5) is 0 Å². The number of rotatable bonds is 9. The van der Waals surface area contributed by atoms with Crippen LogP contribution < -0.4 is 9.47 Å². The van der Waals surface area contributed by atoms with Gasteiger partial charge in [0, 0.05) is 29.4 Å². The SMILES string of the molecule is CCOc1ccc(-n2c(SCCOc3ccccc3C)nnc2-c2cccnc2)cc1. The topological polar surface area (TPSA) is 62.1 Å². The molecule has 2 heterocycles. The van der Waals surface area contributed by atoms with Crippen molar-refractivity contribution in [1.82, 2.24) is 19.7 Å². The van der Waals surface area contributed by atoms with Gasteiger partial charge in [-0.25, -0.2) is 0 Å². The Bertz CT molecular complexity index is 1110. The summed E-state index contributed by atoms with van der Waals surface area (Å²) >= 11 is 1.61. The summed E-state index contributed by atoms with van der Waals surface area (Å²) in [5, 5.41) is 9.71. The number of hydrogen-bond donors (Lipinski definition) is 0. The van der Waals surface area contributed by atoms with Gasteiger partial charge in [-0.2, -0.15) is 0 Å². The molecule has 0 fully saturated rings. The third kappa shape index (κ3) is 5.06. The van der Waals surface area contributed by atoms with Crippen molar-refractivity contribution in [3.05, 3.63) is 78.6 Å². The van der Waals surface area contributed by atoms with Gasteiger partial charge in [-0.05, 0) is 61.9 Å². The molecule has 2 aromatic heterocycles. The van der Waals surface area contributed by atoms with Crippen LogP contribution in [0.5, 0.6) is 11.5 Å². The number of thioether (sulfide) groups is 1. The molecule has 31 heavy (non-hydrogen) atoms. The van der Waals surface area contributed by atoms with Gasteiger partial charge >= 0.3 is 0 Å². The van der Waals surface area contributed by atoms with Crippen LogP contribution in [0.3, 0.4) is 0 Å². The minimum absolute atomic E-state index is 0.577. The van der Waals surface area contributed by atoms with E-state index in [0.717, 1.165) is 45.0 Å². The van der Waals surface area contributed by atoms with Crippen LogP contribution in [-0.2, 0) is 0 Å². The Kier molecular flexibility index (Phi) is 6.84. The molecule has 0 saturated carbocycles. The van der Waals surface area contributed by atoms with Gasteiger partial charge in [-0.3, -0.25) is 9.55 Å². The Morgan fingerprint density at radius 1 is 0.935 bits per heavy atom. The Balaban J connectivity index is 1.55. The van der Waals surface area contributed by atoms with E-state index in [-0.39, 0.29) is 0 Å². The van der Waals surface area contributed by atoms with Gasteiger partial charge in [0.05, 0.1) is 13.2 Å². The van der Waals surface area contributed by atoms with Gasteiger partial charge in [0.2, 0.25) is 0 Å². The van der Waals surface area contributed by atoms with Crippen molar-refractivity contribution in [2.24, 2.45) is 0 Å². The molecule has 0 aliphatic carbocycles. The number of benzene rings is 2. The third-order valence-corrected chi connectivity index (χ3v) is 5.52. The van der Waals surface area contributed by atoms with Crippen molar-refractivity contribution >= 4 is 11.8 Å². The molecule has 0 bridgehead atoms. The van der Waals surface area contributed by atoms with E-state index in [0.29, 0.717) is 13.2 Å². The minimum Gasteiger partial charge on any atom is -0.494 e. The predicted molar refractivity (Wildman–Crippen MR) is 123 cm³/mol. The van der Waals surface area contributed by atoms with Crippen LogP contribution in [0, 0.1) is 6.92 Å². The number of nitrogens with zero attached hydrogens (tertiary/aromatic N) is 4. The van der Waals surface area contributed by atoms with Crippen LogP contribution in [-0.4, -0.2) is 38.7 Å². The molecule has 0 spiro atoms. The van der Waals surface area contributed by atoms with E-state index >= 15 is 0 Å². The first kappa shape index (κ1) is 20.9. The van der Waals surface area contributed by atoms with Gasteiger partial charge < -0.3 is 9.47 Å². The lowest BCUT2D eigenvalue weighted by molar-refractivity contribution is 0.340. The molecule has 0 aliphatic heterocycles. The van der Waals surface area contributed by atoms with Gasteiger partial charge in [-0.15, -0.1) is 10.2 Å². The molecule has 0 atom stereocenters. The highest BCUT2D eigenvalue weighted by Crippen LogP contribution is 2.28. The molecule has 0 N–H and O–H groups in total. The monoisotopic (exact) mass is 432 g/mol. The normalized spacial score (nSPS) is 10.8. The largest absolute Gasteiger partial charge is 0.494 e. The van der Waals surface area contributed by atoms with Gasteiger partial charge in [-0.1, -0.05) is 30.0 Å². The number of hydrogen-bond acceptors (Lipinski definition) is 6. The van der Waals surface area contributed by atoms with Crippen molar-refractivity contribution in [3.8, 4) is 28.6 Å². The maximum absolute atomic E-state index is 5.93. The highest BCUT2D eigenvalue weighted by Gasteiger charge is 2.16. The smallest absolute Gasteiger partial charge is 0.196 e. The van der Waals surface area contributed by atoms with Crippen molar-refractivity contribution in [2.45, 2.75) is 19.0 Å². The highest BCUT2D eigenvalue weighted by atomic mass is 32.2. The fraction of sp³-hybridized carbons (Fsp3) is 0.208. The van der Waals surface area contributed by atoms with Gasteiger partial charge in [0.25, 0.3) is 0 Å². The number of aromatic nitrogens is 4. The molecule has 7 heteroatoms. The molecular formula is C24H24N4O2S. The predicted octanol–water partition coefficient (Wildman–Crippen LogP) is 5.21. The van der Waals surface area contributed by atoms with Crippen molar-refractivity contribution < 1.29 is 9.47 Å². The standard InChI is InChI=1S/C24H24N4O2S/c1-3-29-21-12-10-20(11-13-21)28-23(19-8-6-14-25-17-19)26-27-24(28)31-16-15-30-22-9-5-4-7-18(22)2/h4-14,17H,3,15-16H2,1-2H3. The maximum Gasteiger partial charge on any atom is 0.196 e. The molecule has 158 valence electrons. The average Bonchev–Trinajstić information content (AvgIpc) is 3.23. The highest BCUT2D eigenvalue weighted by molar-refractivity contribution is 7.99. The van der Waals surface area contributed by atoms with Crippen LogP contribution in [0.2, 0.25) is 0 Å². The second-order valence-electron chi connectivity index (χ2n) is 6.77. The summed E-state index contributed by atoms with van der Waals surface area (Å²) in [5.41, 5.74) is 3.01. The third-order valence-electron chi connectivity index (χ3n) is 4.62. The lowest BCUT2D eigenvalue weighted by Crippen LogP contribution is -2.04. The second kappa shape index (κ2) is 10.1. The number of aryl methyl sites for hydroxylation is 1. The summed E-state index contributed by atoms with van der Waals surface area (Å²) in [6.07, 6.45) is 3.55. The van der Waals surface area contributed by atoms with Crippen LogP contribution >= 0.6 is 11.8 Å². The minimum atomic E-state index is 0.577. The first-order chi connectivity index (χ1) is 15.3. The fourth-order valence-electron chi connectivity index (χ4n) is 3.14. The van der Waals surface area contributed by atoms with Gasteiger partial charge in [0.15, 0.2) is 11.0 Å². The number of ether oxygens (including phenoxy) is 2.